The molecule has 1 unspecified atom stereocenters. The van der Waals surface area contributed by atoms with Gasteiger partial charge >= 0.3 is 6.03 Å². The minimum absolute atomic E-state index is 0.0580. The van der Waals surface area contributed by atoms with E-state index >= 15 is 0 Å². The second-order valence-electron chi connectivity index (χ2n) is 5.95. The highest BCUT2D eigenvalue weighted by Crippen LogP contribution is 2.33. The van der Waals surface area contributed by atoms with E-state index in [0.717, 1.165) is 28.3 Å². The number of thioether (sulfide) groups is 1. The number of thiophene rings is 1. The number of rotatable bonds is 4. The topological polar surface area (TPSA) is 52.6 Å². The van der Waals surface area contributed by atoms with Crippen molar-refractivity contribution >= 4 is 34.8 Å². The smallest absolute Gasteiger partial charge is 0.321 e. The normalized spacial score (nSPS) is 16.8. The number of aliphatic hydroxyl groups is 1. The second-order valence-corrected chi connectivity index (χ2v) is 7.81. The van der Waals surface area contributed by atoms with Crippen molar-refractivity contribution in [1.29, 1.82) is 0 Å². The first-order valence-electron chi connectivity index (χ1n) is 8.09. The van der Waals surface area contributed by atoms with Gasteiger partial charge in [-0.15, -0.1) is 23.1 Å². The lowest BCUT2D eigenvalue weighted by Crippen LogP contribution is -2.42. The van der Waals surface area contributed by atoms with Gasteiger partial charge in [-0.1, -0.05) is 12.1 Å². The van der Waals surface area contributed by atoms with Crippen molar-refractivity contribution in [1.82, 2.24) is 4.90 Å². The number of aliphatic hydroxyl groups excluding tert-OH is 1. The molecular formula is C18H22N2O2S2. The molecule has 6 heteroatoms. The first-order valence-corrected chi connectivity index (χ1v) is 10.2. The van der Waals surface area contributed by atoms with Crippen LogP contribution in [0.5, 0.6) is 0 Å². The fourth-order valence-electron chi connectivity index (χ4n) is 3.01. The molecular weight excluding hydrogens is 340 g/mol. The number of hydrogen-bond donors (Lipinski definition) is 2. The Kier molecular flexibility index (Phi) is 5.81. The number of nitrogens with zero attached hydrogens (tertiary/aromatic N) is 1. The lowest BCUT2D eigenvalue weighted by atomic mass is 9.90. The number of amides is 2. The molecule has 1 aromatic heterocycles. The number of anilines is 1. The molecule has 1 fully saturated rings. The van der Waals surface area contributed by atoms with Crippen LogP contribution in [0.3, 0.4) is 0 Å². The van der Waals surface area contributed by atoms with E-state index in [1.54, 1.807) is 23.1 Å². The standard InChI is InChI=1S/C18H22N2O2S2/c1-23-15-5-2-4-14(12-15)19-18(22)20-9-7-13(8-10-20)17(21)16-6-3-11-24-16/h2-6,11-13,17,21H,7-10H2,1H3,(H,19,22). The highest BCUT2D eigenvalue weighted by molar-refractivity contribution is 7.98. The van der Waals surface area contributed by atoms with Crippen LogP contribution in [0.15, 0.2) is 46.7 Å². The molecule has 0 saturated carbocycles. The summed E-state index contributed by atoms with van der Waals surface area (Å²) in [5, 5.41) is 15.4. The highest BCUT2D eigenvalue weighted by Gasteiger charge is 2.28. The van der Waals surface area contributed by atoms with Crippen LogP contribution in [0.4, 0.5) is 10.5 Å². The van der Waals surface area contributed by atoms with E-state index in [-0.39, 0.29) is 11.9 Å². The molecule has 2 N–H and O–H groups in total. The molecule has 0 radical (unpaired) electrons. The van der Waals surface area contributed by atoms with Gasteiger partial charge in [-0.05, 0) is 54.7 Å². The summed E-state index contributed by atoms with van der Waals surface area (Å²) in [5.41, 5.74) is 0.826. The first kappa shape index (κ1) is 17.3. The lowest BCUT2D eigenvalue weighted by molar-refractivity contribution is 0.0708. The van der Waals surface area contributed by atoms with Gasteiger partial charge in [-0.25, -0.2) is 4.79 Å². The summed E-state index contributed by atoms with van der Waals surface area (Å²) in [6, 6.07) is 11.8. The molecule has 0 bridgehead atoms. The molecule has 3 rings (SSSR count). The number of urea groups is 1. The monoisotopic (exact) mass is 362 g/mol. The van der Waals surface area contributed by atoms with Gasteiger partial charge in [-0.2, -0.15) is 0 Å². The zero-order valence-corrected chi connectivity index (χ0v) is 15.3. The van der Waals surface area contributed by atoms with Crippen LogP contribution in [-0.2, 0) is 0 Å². The molecule has 0 spiro atoms. The number of hydrogen-bond acceptors (Lipinski definition) is 4. The Hall–Kier alpha value is -1.50. The van der Waals surface area contributed by atoms with Crippen LogP contribution >= 0.6 is 23.1 Å². The van der Waals surface area contributed by atoms with E-state index in [2.05, 4.69) is 5.32 Å². The third-order valence-electron chi connectivity index (χ3n) is 4.43. The minimum atomic E-state index is -0.409. The largest absolute Gasteiger partial charge is 0.387 e. The number of likely N-dealkylation sites (tertiary alicyclic amines) is 1. The molecule has 128 valence electrons. The summed E-state index contributed by atoms with van der Waals surface area (Å²) in [4.78, 5) is 16.4. The van der Waals surface area contributed by atoms with Gasteiger partial charge in [0.05, 0.1) is 6.10 Å². The third kappa shape index (κ3) is 4.12. The van der Waals surface area contributed by atoms with E-state index in [1.807, 2.05) is 52.9 Å². The van der Waals surface area contributed by atoms with Gasteiger partial charge in [0.25, 0.3) is 0 Å². The van der Waals surface area contributed by atoms with Crippen molar-refractivity contribution in [2.75, 3.05) is 24.7 Å². The van der Waals surface area contributed by atoms with Gasteiger partial charge in [0.1, 0.15) is 0 Å². The van der Waals surface area contributed by atoms with E-state index in [0.29, 0.717) is 13.1 Å². The Balaban J connectivity index is 1.53. The second kappa shape index (κ2) is 8.05. The summed E-state index contributed by atoms with van der Waals surface area (Å²) in [6.07, 6.45) is 3.27. The molecule has 1 aliphatic heterocycles. The summed E-state index contributed by atoms with van der Waals surface area (Å²) in [5.74, 6) is 0.229. The van der Waals surface area contributed by atoms with Crippen LogP contribution in [0, 0.1) is 5.92 Å². The minimum Gasteiger partial charge on any atom is -0.387 e. The molecule has 1 aromatic carbocycles. The Morgan fingerprint density at radius 3 is 2.79 bits per heavy atom. The predicted molar refractivity (Wildman–Crippen MR) is 101 cm³/mol. The maximum absolute atomic E-state index is 12.4. The Morgan fingerprint density at radius 2 is 2.12 bits per heavy atom. The molecule has 2 amide bonds. The maximum atomic E-state index is 12.4. The van der Waals surface area contributed by atoms with Gasteiger partial charge in [0, 0.05) is 28.5 Å². The van der Waals surface area contributed by atoms with Crippen LogP contribution in [0.25, 0.3) is 0 Å². The van der Waals surface area contributed by atoms with Crippen LogP contribution < -0.4 is 5.32 Å². The van der Waals surface area contributed by atoms with Crippen molar-refractivity contribution in [2.24, 2.45) is 5.92 Å². The van der Waals surface area contributed by atoms with Gasteiger partial charge in [-0.3, -0.25) is 0 Å². The summed E-state index contributed by atoms with van der Waals surface area (Å²) in [6.45, 7) is 1.36. The zero-order valence-electron chi connectivity index (χ0n) is 13.6. The average Bonchev–Trinajstić information content (AvgIpc) is 3.16. The molecule has 2 heterocycles. The predicted octanol–water partition coefficient (Wildman–Crippen LogP) is 4.45. The molecule has 1 atom stereocenters. The summed E-state index contributed by atoms with van der Waals surface area (Å²) < 4.78 is 0. The van der Waals surface area contributed by atoms with Crippen molar-refractivity contribution < 1.29 is 9.90 Å². The van der Waals surface area contributed by atoms with E-state index in [4.69, 9.17) is 0 Å². The van der Waals surface area contributed by atoms with Gasteiger partial charge < -0.3 is 15.3 Å². The molecule has 2 aromatic rings. The first-order chi connectivity index (χ1) is 11.7. The zero-order chi connectivity index (χ0) is 16.9. The molecule has 24 heavy (non-hydrogen) atoms. The van der Waals surface area contributed by atoms with Crippen LogP contribution in [0.2, 0.25) is 0 Å². The quantitative estimate of drug-likeness (QED) is 0.790. The maximum Gasteiger partial charge on any atom is 0.321 e. The fourth-order valence-corrected chi connectivity index (χ4v) is 4.28. The number of piperidine rings is 1. The third-order valence-corrected chi connectivity index (χ3v) is 6.10. The van der Waals surface area contributed by atoms with Crippen molar-refractivity contribution in [3.63, 3.8) is 0 Å². The number of benzene rings is 1. The van der Waals surface area contributed by atoms with Crippen molar-refractivity contribution in [3.8, 4) is 0 Å². The van der Waals surface area contributed by atoms with Gasteiger partial charge in [0.2, 0.25) is 0 Å². The van der Waals surface area contributed by atoms with Crippen LogP contribution in [-0.4, -0.2) is 35.4 Å². The lowest BCUT2D eigenvalue weighted by Gasteiger charge is -2.34. The van der Waals surface area contributed by atoms with E-state index < -0.39 is 6.10 Å². The van der Waals surface area contributed by atoms with E-state index in [1.165, 1.54) is 0 Å². The van der Waals surface area contributed by atoms with Crippen molar-refractivity contribution in [3.05, 3.63) is 46.7 Å². The Labute approximate surface area is 150 Å². The highest BCUT2D eigenvalue weighted by atomic mass is 32.2. The molecule has 4 nitrogen and oxygen atoms in total. The van der Waals surface area contributed by atoms with Crippen molar-refractivity contribution in [2.45, 2.75) is 23.8 Å². The Morgan fingerprint density at radius 1 is 1.33 bits per heavy atom. The van der Waals surface area contributed by atoms with Gasteiger partial charge in [0.15, 0.2) is 0 Å². The summed E-state index contributed by atoms with van der Waals surface area (Å²) >= 11 is 3.25. The van der Waals surface area contributed by atoms with Crippen LogP contribution in [0.1, 0.15) is 23.8 Å². The molecule has 1 saturated heterocycles. The number of carbonyl (C=O) groups excluding carboxylic acids is 1. The molecule has 1 aliphatic rings. The molecule has 0 aliphatic carbocycles. The SMILES string of the molecule is CSc1cccc(NC(=O)N2CCC(C(O)c3cccs3)CC2)c1. The number of carbonyl (C=O) groups is 1. The number of nitrogens with one attached hydrogen (secondary N) is 1. The Bertz CT molecular complexity index is 667. The average molecular weight is 363 g/mol. The van der Waals surface area contributed by atoms with E-state index in [9.17, 15) is 9.90 Å². The fraction of sp³-hybridized carbons (Fsp3) is 0.389. The summed E-state index contributed by atoms with van der Waals surface area (Å²) in [7, 11) is 0.